The van der Waals surface area contributed by atoms with Crippen molar-refractivity contribution < 1.29 is 4.39 Å². The van der Waals surface area contributed by atoms with Crippen molar-refractivity contribution in [2.45, 2.75) is 13.5 Å². The normalized spacial score (nSPS) is 10.4. The van der Waals surface area contributed by atoms with Crippen molar-refractivity contribution in [3.63, 3.8) is 0 Å². The van der Waals surface area contributed by atoms with Gasteiger partial charge in [0.2, 0.25) is 0 Å². The molecule has 0 radical (unpaired) electrons. The van der Waals surface area contributed by atoms with E-state index in [9.17, 15) is 4.39 Å². The third-order valence-corrected chi connectivity index (χ3v) is 2.54. The smallest absolute Gasteiger partial charge is 0.124 e. The van der Waals surface area contributed by atoms with Gasteiger partial charge in [-0.3, -0.25) is 0 Å². The number of aryl methyl sites for hydroxylation is 1. The molecule has 0 aliphatic carbocycles. The Bertz CT molecular complexity index is 486. The number of halogens is 1. The zero-order chi connectivity index (χ0) is 11.5. The molecule has 2 aromatic carbocycles. The summed E-state index contributed by atoms with van der Waals surface area (Å²) >= 11 is 0. The first-order valence-corrected chi connectivity index (χ1v) is 5.25. The van der Waals surface area contributed by atoms with Gasteiger partial charge in [-0.1, -0.05) is 24.3 Å². The van der Waals surface area contributed by atoms with E-state index in [1.807, 2.05) is 37.3 Å². The van der Waals surface area contributed by atoms with Crippen LogP contribution in [0.3, 0.4) is 0 Å². The summed E-state index contributed by atoms with van der Waals surface area (Å²) in [7, 11) is 0. The van der Waals surface area contributed by atoms with Crippen molar-refractivity contribution in [1.29, 1.82) is 0 Å². The molecule has 0 fully saturated rings. The average Bonchev–Trinajstić information content (AvgIpc) is 2.28. The van der Waals surface area contributed by atoms with Crippen LogP contribution < -0.4 is 5.73 Å². The summed E-state index contributed by atoms with van der Waals surface area (Å²) in [6.45, 7) is 2.39. The number of hydrogen-bond acceptors (Lipinski definition) is 1. The van der Waals surface area contributed by atoms with Gasteiger partial charge in [0.1, 0.15) is 5.82 Å². The first kappa shape index (κ1) is 10.8. The Morgan fingerprint density at radius 3 is 2.56 bits per heavy atom. The molecular weight excluding hydrogens is 201 g/mol. The Balaban J connectivity index is 2.49. The highest BCUT2D eigenvalue weighted by atomic mass is 19.1. The minimum Gasteiger partial charge on any atom is -0.326 e. The van der Waals surface area contributed by atoms with Crippen LogP contribution in [0.4, 0.5) is 4.39 Å². The second kappa shape index (κ2) is 4.45. The Morgan fingerprint density at radius 1 is 1.06 bits per heavy atom. The van der Waals surface area contributed by atoms with Crippen LogP contribution in [0.15, 0.2) is 42.5 Å². The molecule has 82 valence electrons. The van der Waals surface area contributed by atoms with Crippen LogP contribution in [0.2, 0.25) is 0 Å². The van der Waals surface area contributed by atoms with E-state index >= 15 is 0 Å². The molecule has 0 bridgehead atoms. The molecule has 0 aliphatic heterocycles. The highest BCUT2D eigenvalue weighted by Crippen LogP contribution is 2.22. The Morgan fingerprint density at radius 2 is 1.88 bits per heavy atom. The largest absolute Gasteiger partial charge is 0.326 e. The van der Waals surface area contributed by atoms with Crippen LogP contribution in [0.1, 0.15) is 11.1 Å². The number of hydrogen-bond donors (Lipinski definition) is 1. The Kier molecular flexibility index (Phi) is 3.02. The summed E-state index contributed by atoms with van der Waals surface area (Å²) in [5.41, 5.74) is 9.46. The van der Waals surface area contributed by atoms with Gasteiger partial charge in [-0.05, 0) is 47.4 Å². The molecule has 0 amide bonds. The van der Waals surface area contributed by atoms with Crippen molar-refractivity contribution in [2.75, 3.05) is 0 Å². The maximum absolute atomic E-state index is 13.3. The van der Waals surface area contributed by atoms with Crippen molar-refractivity contribution in [3.05, 3.63) is 59.4 Å². The predicted molar refractivity (Wildman–Crippen MR) is 64.5 cm³/mol. The van der Waals surface area contributed by atoms with Crippen LogP contribution in [0, 0.1) is 12.7 Å². The van der Waals surface area contributed by atoms with E-state index in [1.54, 1.807) is 6.07 Å². The van der Waals surface area contributed by atoms with Crippen molar-refractivity contribution in [2.24, 2.45) is 5.73 Å². The molecular formula is C14H14FN. The molecule has 0 heterocycles. The topological polar surface area (TPSA) is 26.0 Å². The van der Waals surface area contributed by atoms with E-state index in [0.29, 0.717) is 6.54 Å². The molecule has 0 spiro atoms. The lowest BCUT2D eigenvalue weighted by Crippen LogP contribution is -1.95. The van der Waals surface area contributed by atoms with Crippen LogP contribution in [0.25, 0.3) is 11.1 Å². The van der Waals surface area contributed by atoms with Crippen molar-refractivity contribution in [1.82, 2.24) is 0 Å². The highest BCUT2D eigenvalue weighted by molar-refractivity contribution is 5.65. The Labute approximate surface area is 94.7 Å². The molecule has 0 aliphatic rings. The molecule has 0 aromatic heterocycles. The van der Waals surface area contributed by atoms with Gasteiger partial charge in [-0.25, -0.2) is 4.39 Å². The maximum atomic E-state index is 13.3. The standard InChI is InChI=1S/C14H14FN/c1-10-5-13(8-14(15)6-10)12-4-2-3-11(7-12)9-16/h2-8H,9,16H2,1H3. The molecule has 0 saturated heterocycles. The monoisotopic (exact) mass is 215 g/mol. The number of benzene rings is 2. The number of rotatable bonds is 2. The zero-order valence-corrected chi connectivity index (χ0v) is 9.20. The summed E-state index contributed by atoms with van der Waals surface area (Å²) in [5, 5.41) is 0. The first-order valence-electron chi connectivity index (χ1n) is 5.25. The SMILES string of the molecule is Cc1cc(F)cc(-c2cccc(CN)c2)c1. The van der Waals surface area contributed by atoms with E-state index in [1.165, 1.54) is 6.07 Å². The summed E-state index contributed by atoms with van der Waals surface area (Å²) in [6, 6.07) is 12.9. The summed E-state index contributed by atoms with van der Waals surface area (Å²) < 4.78 is 13.3. The van der Waals surface area contributed by atoms with Gasteiger partial charge in [-0.2, -0.15) is 0 Å². The summed E-state index contributed by atoms with van der Waals surface area (Å²) in [6.07, 6.45) is 0. The fraction of sp³-hybridized carbons (Fsp3) is 0.143. The van der Waals surface area contributed by atoms with E-state index in [2.05, 4.69) is 0 Å². The van der Waals surface area contributed by atoms with E-state index < -0.39 is 0 Å². The van der Waals surface area contributed by atoms with E-state index in [0.717, 1.165) is 22.3 Å². The lowest BCUT2D eigenvalue weighted by atomic mass is 10.0. The summed E-state index contributed by atoms with van der Waals surface area (Å²) in [4.78, 5) is 0. The highest BCUT2D eigenvalue weighted by Gasteiger charge is 2.01. The van der Waals surface area contributed by atoms with Gasteiger partial charge in [0.25, 0.3) is 0 Å². The van der Waals surface area contributed by atoms with Crippen LogP contribution >= 0.6 is 0 Å². The molecule has 2 aromatic rings. The van der Waals surface area contributed by atoms with E-state index in [-0.39, 0.29) is 5.82 Å². The van der Waals surface area contributed by atoms with Gasteiger partial charge in [0.15, 0.2) is 0 Å². The van der Waals surface area contributed by atoms with Gasteiger partial charge in [0, 0.05) is 6.54 Å². The molecule has 0 atom stereocenters. The van der Waals surface area contributed by atoms with Crippen LogP contribution in [-0.2, 0) is 6.54 Å². The minimum atomic E-state index is -0.201. The maximum Gasteiger partial charge on any atom is 0.124 e. The molecule has 1 nitrogen and oxygen atoms in total. The van der Waals surface area contributed by atoms with Crippen molar-refractivity contribution in [3.8, 4) is 11.1 Å². The third kappa shape index (κ3) is 2.28. The molecule has 0 unspecified atom stereocenters. The number of nitrogens with two attached hydrogens (primary N) is 1. The van der Waals surface area contributed by atoms with Gasteiger partial charge in [-0.15, -0.1) is 0 Å². The van der Waals surface area contributed by atoms with Crippen LogP contribution in [-0.4, -0.2) is 0 Å². The minimum absolute atomic E-state index is 0.201. The molecule has 2 N–H and O–H groups in total. The summed E-state index contributed by atoms with van der Waals surface area (Å²) in [5.74, 6) is -0.201. The average molecular weight is 215 g/mol. The third-order valence-electron chi connectivity index (χ3n) is 2.54. The Hall–Kier alpha value is -1.67. The second-order valence-corrected chi connectivity index (χ2v) is 3.92. The first-order chi connectivity index (χ1) is 7.69. The van der Waals surface area contributed by atoms with Gasteiger partial charge in [0.05, 0.1) is 0 Å². The van der Waals surface area contributed by atoms with E-state index in [4.69, 9.17) is 5.73 Å². The molecule has 2 rings (SSSR count). The lowest BCUT2D eigenvalue weighted by molar-refractivity contribution is 0.627. The fourth-order valence-electron chi connectivity index (χ4n) is 1.78. The quantitative estimate of drug-likeness (QED) is 0.817. The fourth-order valence-corrected chi connectivity index (χ4v) is 1.78. The lowest BCUT2D eigenvalue weighted by Gasteiger charge is -2.05. The van der Waals surface area contributed by atoms with Crippen molar-refractivity contribution >= 4 is 0 Å². The predicted octanol–water partition coefficient (Wildman–Crippen LogP) is 3.26. The molecule has 2 heteroatoms. The second-order valence-electron chi connectivity index (χ2n) is 3.92. The zero-order valence-electron chi connectivity index (χ0n) is 9.20. The van der Waals surface area contributed by atoms with Crippen LogP contribution in [0.5, 0.6) is 0 Å². The van der Waals surface area contributed by atoms with Gasteiger partial charge < -0.3 is 5.73 Å². The van der Waals surface area contributed by atoms with Gasteiger partial charge >= 0.3 is 0 Å². The molecule has 0 saturated carbocycles. The molecule has 16 heavy (non-hydrogen) atoms.